The van der Waals surface area contributed by atoms with Crippen LogP contribution in [0.2, 0.25) is 0 Å². The number of aryl methyl sites for hydroxylation is 1. The Hall–Kier alpha value is -1.17. The van der Waals surface area contributed by atoms with Gasteiger partial charge >= 0.3 is 6.18 Å². The fourth-order valence-corrected chi connectivity index (χ4v) is 1.14. The standard InChI is InChI=1S/C10H14F3N3/c1-8-5-16-9(7-15-8)6-14-4-2-3-10(11,12)13/h5,7,14H,2-4,6H2,1H3. The molecular formula is C10H14F3N3. The van der Waals surface area contributed by atoms with Gasteiger partial charge in [0.15, 0.2) is 0 Å². The molecule has 0 bridgehead atoms. The lowest BCUT2D eigenvalue weighted by molar-refractivity contribution is -0.135. The first-order valence-electron chi connectivity index (χ1n) is 5.02. The molecule has 0 amide bonds. The third-order valence-corrected chi connectivity index (χ3v) is 1.95. The van der Waals surface area contributed by atoms with Crippen LogP contribution in [-0.4, -0.2) is 22.7 Å². The highest BCUT2D eigenvalue weighted by Crippen LogP contribution is 2.20. The van der Waals surface area contributed by atoms with Crippen LogP contribution in [0.15, 0.2) is 12.4 Å². The Kier molecular flexibility index (Phi) is 4.67. The zero-order valence-corrected chi connectivity index (χ0v) is 9.01. The van der Waals surface area contributed by atoms with Gasteiger partial charge in [-0.3, -0.25) is 9.97 Å². The molecule has 3 nitrogen and oxygen atoms in total. The maximum atomic E-state index is 11.8. The molecule has 6 heteroatoms. The summed E-state index contributed by atoms with van der Waals surface area (Å²) in [5.74, 6) is 0. The summed E-state index contributed by atoms with van der Waals surface area (Å²) in [5, 5.41) is 2.89. The predicted molar refractivity (Wildman–Crippen MR) is 53.8 cm³/mol. The zero-order valence-electron chi connectivity index (χ0n) is 9.01. The number of halogens is 3. The van der Waals surface area contributed by atoms with E-state index in [0.717, 1.165) is 11.4 Å². The van der Waals surface area contributed by atoms with Gasteiger partial charge in [0.25, 0.3) is 0 Å². The van der Waals surface area contributed by atoms with E-state index in [9.17, 15) is 13.2 Å². The van der Waals surface area contributed by atoms with Crippen molar-refractivity contribution >= 4 is 0 Å². The number of nitrogens with one attached hydrogen (secondary N) is 1. The topological polar surface area (TPSA) is 37.8 Å². The Morgan fingerprint density at radius 2 is 2.00 bits per heavy atom. The maximum Gasteiger partial charge on any atom is 0.389 e. The average molecular weight is 233 g/mol. The minimum Gasteiger partial charge on any atom is -0.311 e. The summed E-state index contributed by atoms with van der Waals surface area (Å²) < 4.78 is 35.4. The van der Waals surface area contributed by atoms with Gasteiger partial charge in [0.05, 0.1) is 11.4 Å². The third kappa shape index (κ3) is 5.65. The van der Waals surface area contributed by atoms with Crippen LogP contribution in [-0.2, 0) is 6.54 Å². The molecule has 0 unspecified atom stereocenters. The van der Waals surface area contributed by atoms with E-state index in [1.165, 1.54) is 0 Å². The van der Waals surface area contributed by atoms with E-state index in [-0.39, 0.29) is 6.42 Å². The molecule has 1 rings (SSSR count). The number of rotatable bonds is 5. The molecule has 16 heavy (non-hydrogen) atoms. The summed E-state index contributed by atoms with van der Waals surface area (Å²) in [6.07, 6.45) is -1.48. The molecule has 1 N–H and O–H groups in total. The highest BCUT2D eigenvalue weighted by Gasteiger charge is 2.25. The van der Waals surface area contributed by atoms with Crippen LogP contribution < -0.4 is 5.32 Å². The van der Waals surface area contributed by atoms with Crippen LogP contribution in [0.1, 0.15) is 24.2 Å². The third-order valence-electron chi connectivity index (χ3n) is 1.95. The van der Waals surface area contributed by atoms with E-state index >= 15 is 0 Å². The minimum absolute atomic E-state index is 0.0861. The summed E-state index contributed by atoms with van der Waals surface area (Å²) >= 11 is 0. The number of nitrogens with zero attached hydrogens (tertiary/aromatic N) is 2. The maximum absolute atomic E-state index is 11.8. The van der Waals surface area contributed by atoms with E-state index in [1.54, 1.807) is 12.4 Å². The molecule has 0 saturated carbocycles. The van der Waals surface area contributed by atoms with Crippen LogP contribution in [0.5, 0.6) is 0 Å². The molecule has 0 aliphatic carbocycles. The number of hydrogen-bond donors (Lipinski definition) is 1. The lowest BCUT2D eigenvalue weighted by Crippen LogP contribution is -2.18. The van der Waals surface area contributed by atoms with E-state index in [0.29, 0.717) is 13.1 Å². The Morgan fingerprint density at radius 1 is 1.25 bits per heavy atom. The lowest BCUT2D eigenvalue weighted by Gasteiger charge is -2.06. The van der Waals surface area contributed by atoms with Crippen LogP contribution in [0.4, 0.5) is 13.2 Å². The first-order chi connectivity index (χ1) is 7.47. The summed E-state index contributed by atoms with van der Waals surface area (Å²) in [7, 11) is 0. The van der Waals surface area contributed by atoms with Gasteiger partial charge in [0.2, 0.25) is 0 Å². The number of alkyl halides is 3. The van der Waals surface area contributed by atoms with Gasteiger partial charge in [0, 0.05) is 25.4 Å². The normalized spacial score (nSPS) is 11.8. The summed E-state index contributed by atoms with van der Waals surface area (Å²) in [4.78, 5) is 8.11. The molecule has 90 valence electrons. The van der Waals surface area contributed by atoms with Gasteiger partial charge in [-0.1, -0.05) is 0 Å². The average Bonchev–Trinajstić information content (AvgIpc) is 2.19. The molecular weight excluding hydrogens is 219 g/mol. The van der Waals surface area contributed by atoms with Gasteiger partial charge < -0.3 is 5.32 Å². The highest BCUT2D eigenvalue weighted by molar-refractivity contribution is 4.99. The quantitative estimate of drug-likeness (QED) is 0.792. The Labute approximate surface area is 92.1 Å². The van der Waals surface area contributed by atoms with Crippen molar-refractivity contribution in [1.29, 1.82) is 0 Å². The fraction of sp³-hybridized carbons (Fsp3) is 0.600. The second-order valence-electron chi connectivity index (χ2n) is 3.54. The molecule has 0 fully saturated rings. The Bertz CT molecular complexity index is 308. The van der Waals surface area contributed by atoms with E-state index in [1.807, 2.05) is 6.92 Å². The Morgan fingerprint density at radius 3 is 2.56 bits per heavy atom. The summed E-state index contributed by atoms with van der Waals surface area (Å²) in [6.45, 7) is 2.60. The fourth-order valence-electron chi connectivity index (χ4n) is 1.14. The highest BCUT2D eigenvalue weighted by atomic mass is 19.4. The molecule has 0 aliphatic heterocycles. The lowest BCUT2D eigenvalue weighted by atomic mass is 10.3. The van der Waals surface area contributed by atoms with Crippen LogP contribution >= 0.6 is 0 Å². The molecule has 0 radical (unpaired) electrons. The van der Waals surface area contributed by atoms with E-state index in [4.69, 9.17) is 0 Å². The molecule has 1 heterocycles. The molecule has 0 aliphatic rings. The SMILES string of the molecule is Cc1cnc(CNCCCC(F)(F)F)cn1. The van der Waals surface area contributed by atoms with Crippen molar-refractivity contribution in [1.82, 2.24) is 15.3 Å². The summed E-state index contributed by atoms with van der Waals surface area (Å²) in [5.41, 5.74) is 1.55. The number of aromatic nitrogens is 2. The van der Waals surface area contributed by atoms with Crippen molar-refractivity contribution in [3.05, 3.63) is 23.8 Å². The van der Waals surface area contributed by atoms with Crippen molar-refractivity contribution in [2.45, 2.75) is 32.5 Å². The molecule has 1 aromatic rings. The largest absolute Gasteiger partial charge is 0.389 e. The monoisotopic (exact) mass is 233 g/mol. The van der Waals surface area contributed by atoms with Crippen molar-refractivity contribution in [3.8, 4) is 0 Å². The van der Waals surface area contributed by atoms with Crippen molar-refractivity contribution in [2.75, 3.05) is 6.54 Å². The van der Waals surface area contributed by atoms with Gasteiger partial charge in [-0.2, -0.15) is 13.2 Å². The molecule has 1 aromatic heterocycles. The van der Waals surface area contributed by atoms with Crippen LogP contribution in [0.25, 0.3) is 0 Å². The van der Waals surface area contributed by atoms with Gasteiger partial charge in [-0.25, -0.2) is 0 Å². The van der Waals surface area contributed by atoms with Gasteiger partial charge in [0.1, 0.15) is 0 Å². The van der Waals surface area contributed by atoms with Gasteiger partial charge in [-0.05, 0) is 19.9 Å². The number of hydrogen-bond acceptors (Lipinski definition) is 3. The minimum atomic E-state index is -4.06. The van der Waals surface area contributed by atoms with Gasteiger partial charge in [-0.15, -0.1) is 0 Å². The second-order valence-corrected chi connectivity index (χ2v) is 3.54. The first-order valence-corrected chi connectivity index (χ1v) is 5.02. The van der Waals surface area contributed by atoms with E-state index < -0.39 is 12.6 Å². The van der Waals surface area contributed by atoms with E-state index in [2.05, 4.69) is 15.3 Å². The zero-order chi connectivity index (χ0) is 12.0. The second kappa shape index (κ2) is 5.79. The molecule has 0 atom stereocenters. The Balaban J connectivity index is 2.14. The smallest absolute Gasteiger partial charge is 0.311 e. The predicted octanol–water partition coefficient (Wildman–Crippen LogP) is 2.22. The molecule has 0 aromatic carbocycles. The van der Waals surface area contributed by atoms with Crippen LogP contribution in [0, 0.1) is 6.92 Å². The first kappa shape index (κ1) is 12.9. The molecule has 0 saturated heterocycles. The van der Waals surface area contributed by atoms with Crippen LogP contribution in [0.3, 0.4) is 0 Å². The van der Waals surface area contributed by atoms with Crippen molar-refractivity contribution in [2.24, 2.45) is 0 Å². The summed E-state index contributed by atoms with van der Waals surface area (Å²) in [6, 6.07) is 0. The van der Waals surface area contributed by atoms with Crippen molar-refractivity contribution in [3.63, 3.8) is 0 Å². The molecule has 0 spiro atoms. The van der Waals surface area contributed by atoms with Crippen molar-refractivity contribution < 1.29 is 13.2 Å².